The molecule has 1 heterocycles. The van der Waals surface area contributed by atoms with Gasteiger partial charge >= 0.3 is 0 Å². The molecule has 0 unspecified atom stereocenters. The van der Waals surface area contributed by atoms with E-state index in [1.165, 1.54) is 0 Å². The number of anilines is 1. The molecule has 0 aliphatic heterocycles. The molecule has 0 aliphatic rings. The molecule has 4 nitrogen and oxygen atoms in total. The predicted molar refractivity (Wildman–Crippen MR) is 79.9 cm³/mol. The maximum atomic E-state index is 12.2. The minimum Gasteiger partial charge on any atom is -0.345 e. The van der Waals surface area contributed by atoms with Crippen molar-refractivity contribution in [3.63, 3.8) is 0 Å². The quantitative estimate of drug-likeness (QED) is 0.861. The van der Waals surface area contributed by atoms with Crippen molar-refractivity contribution in [2.75, 3.05) is 5.32 Å². The van der Waals surface area contributed by atoms with Crippen LogP contribution in [0, 0.1) is 11.3 Å². The number of benzene rings is 1. The normalized spacial score (nSPS) is 10.0. The van der Waals surface area contributed by atoms with E-state index >= 15 is 0 Å². The van der Waals surface area contributed by atoms with E-state index in [9.17, 15) is 4.79 Å². The number of carbonyl (C=O) groups excluding carboxylic acids is 1. The number of hydrogen-bond donors (Lipinski definition) is 1. The summed E-state index contributed by atoms with van der Waals surface area (Å²) in [5.74, 6) is -0.261. The van der Waals surface area contributed by atoms with Gasteiger partial charge < -0.3 is 9.88 Å². The number of halogens is 2. The largest absolute Gasteiger partial charge is 0.345 e. The van der Waals surface area contributed by atoms with E-state index in [0.29, 0.717) is 16.9 Å². The number of nitrogens with zero attached hydrogens (tertiary/aromatic N) is 2. The first-order chi connectivity index (χ1) is 9.01. The fourth-order valence-electron chi connectivity index (χ4n) is 1.65. The number of hydrogen-bond acceptors (Lipinski definition) is 2. The van der Waals surface area contributed by atoms with Gasteiger partial charge in [-0.05, 0) is 40.2 Å². The van der Waals surface area contributed by atoms with E-state index in [4.69, 9.17) is 5.26 Å². The van der Waals surface area contributed by atoms with Crippen LogP contribution < -0.4 is 5.32 Å². The molecule has 0 atom stereocenters. The Morgan fingerprint density at radius 1 is 1.32 bits per heavy atom. The molecule has 0 saturated heterocycles. The molecule has 2 rings (SSSR count). The Morgan fingerprint density at radius 2 is 2.05 bits per heavy atom. The summed E-state index contributed by atoms with van der Waals surface area (Å²) in [6.07, 6.45) is 1.79. The molecule has 1 aromatic heterocycles. The smallest absolute Gasteiger partial charge is 0.272 e. The Balaban J connectivity index is 2.32. The molecule has 1 amide bonds. The third-order valence-electron chi connectivity index (χ3n) is 2.55. The number of nitrogens with one attached hydrogen (secondary N) is 1. The minimum absolute atomic E-state index is 0.261. The zero-order valence-corrected chi connectivity index (χ0v) is 13.1. The van der Waals surface area contributed by atoms with Crippen LogP contribution in [0.5, 0.6) is 0 Å². The van der Waals surface area contributed by atoms with Gasteiger partial charge in [0.1, 0.15) is 11.8 Å². The zero-order valence-electron chi connectivity index (χ0n) is 9.95. The summed E-state index contributed by atoms with van der Waals surface area (Å²) < 4.78 is 3.34. The van der Waals surface area contributed by atoms with Gasteiger partial charge in [0.05, 0.1) is 11.3 Å². The number of aromatic nitrogens is 1. The topological polar surface area (TPSA) is 57.8 Å². The molecule has 2 aromatic rings. The minimum atomic E-state index is -0.261. The van der Waals surface area contributed by atoms with Gasteiger partial charge in [0.25, 0.3) is 5.91 Å². The van der Waals surface area contributed by atoms with Crippen LogP contribution in [0.4, 0.5) is 5.69 Å². The summed E-state index contributed by atoms with van der Waals surface area (Å²) in [5, 5.41) is 11.8. The van der Waals surface area contributed by atoms with Crippen molar-refractivity contribution in [2.24, 2.45) is 7.05 Å². The van der Waals surface area contributed by atoms with Crippen molar-refractivity contribution in [2.45, 2.75) is 0 Å². The van der Waals surface area contributed by atoms with Crippen LogP contribution >= 0.6 is 31.9 Å². The highest BCUT2D eigenvalue weighted by molar-refractivity contribution is 9.10. The second-order valence-electron chi connectivity index (χ2n) is 3.91. The van der Waals surface area contributed by atoms with Gasteiger partial charge in [-0.1, -0.05) is 15.9 Å². The van der Waals surface area contributed by atoms with Crippen LogP contribution in [-0.4, -0.2) is 10.5 Å². The maximum absolute atomic E-state index is 12.2. The van der Waals surface area contributed by atoms with Crippen molar-refractivity contribution in [1.29, 1.82) is 5.26 Å². The molecular formula is C13H9Br2N3O. The van der Waals surface area contributed by atoms with Crippen molar-refractivity contribution in [3.8, 4) is 6.07 Å². The van der Waals surface area contributed by atoms with Gasteiger partial charge in [-0.15, -0.1) is 0 Å². The van der Waals surface area contributed by atoms with E-state index in [2.05, 4.69) is 37.2 Å². The number of amides is 1. The van der Waals surface area contributed by atoms with Gasteiger partial charge in [-0.2, -0.15) is 5.26 Å². The molecule has 0 bridgehead atoms. The first kappa shape index (κ1) is 13.8. The molecular weight excluding hydrogens is 374 g/mol. The third kappa shape index (κ3) is 3.06. The summed E-state index contributed by atoms with van der Waals surface area (Å²) in [5.41, 5.74) is 1.42. The molecule has 0 aliphatic carbocycles. The first-order valence-electron chi connectivity index (χ1n) is 5.34. The van der Waals surface area contributed by atoms with Gasteiger partial charge in [0.2, 0.25) is 0 Å². The van der Waals surface area contributed by atoms with Crippen LogP contribution in [0.25, 0.3) is 0 Å². The number of carbonyl (C=O) groups is 1. The Labute approximate surface area is 127 Å². The van der Waals surface area contributed by atoms with E-state index in [0.717, 1.165) is 8.95 Å². The second kappa shape index (κ2) is 5.59. The van der Waals surface area contributed by atoms with Gasteiger partial charge in [0.15, 0.2) is 0 Å². The van der Waals surface area contributed by atoms with Crippen molar-refractivity contribution < 1.29 is 4.79 Å². The molecule has 1 aromatic carbocycles. The molecule has 6 heteroatoms. The Morgan fingerprint density at radius 3 is 2.63 bits per heavy atom. The Bertz CT molecular complexity index is 686. The molecule has 96 valence electrons. The third-order valence-corrected chi connectivity index (χ3v) is 3.48. The average molecular weight is 383 g/mol. The van der Waals surface area contributed by atoms with Gasteiger partial charge in [-0.3, -0.25) is 4.79 Å². The number of nitriles is 1. The van der Waals surface area contributed by atoms with Crippen LogP contribution in [0.1, 0.15) is 16.1 Å². The van der Waals surface area contributed by atoms with Crippen LogP contribution in [0.2, 0.25) is 0 Å². The Kier molecular flexibility index (Phi) is 4.08. The maximum Gasteiger partial charge on any atom is 0.272 e. The lowest BCUT2D eigenvalue weighted by Crippen LogP contribution is -2.16. The lowest BCUT2D eigenvalue weighted by atomic mass is 10.2. The van der Waals surface area contributed by atoms with Crippen LogP contribution in [-0.2, 0) is 7.05 Å². The number of aryl methyl sites for hydroxylation is 1. The standard InChI is InChI=1S/C13H9Br2N3O/c1-18-7-10(15)5-12(18)13(19)17-11-4-9(14)3-2-8(11)6-16/h2-5,7H,1H3,(H,17,19). The van der Waals surface area contributed by atoms with Gasteiger partial charge in [-0.25, -0.2) is 0 Å². The lowest BCUT2D eigenvalue weighted by molar-refractivity contribution is 0.101. The van der Waals surface area contributed by atoms with E-state index in [1.807, 2.05) is 6.07 Å². The van der Waals surface area contributed by atoms with E-state index < -0.39 is 0 Å². The highest BCUT2D eigenvalue weighted by Gasteiger charge is 2.13. The monoisotopic (exact) mass is 381 g/mol. The zero-order chi connectivity index (χ0) is 14.0. The fraction of sp³-hybridized carbons (Fsp3) is 0.0769. The molecule has 0 fully saturated rings. The Hall–Kier alpha value is -1.58. The van der Waals surface area contributed by atoms with E-state index in [1.54, 1.807) is 42.1 Å². The van der Waals surface area contributed by atoms with Crippen LogP contribution in [0.15, 0.2) is 39.4 Å². The SMILES string of the molecule is Cn1cc(Br)cc1C(=O)Nc1cc(Br)ccc1C#N. The second-order valence-corrected chi connectivity index (χ2v) is 5.74. The molecule has 1 N–H and O–H groups in total. The van der Waals surface area contributed by atoms with Crippen molar-refractivity contribution in [3.05, 3.63) is 50.7 Å². The van der Waals surface area contributed by atoms with Crippen LogP contribution in [0.3, 0.4) is 0 Å². The van der Waals surface area contributed by atoms with Crippen molar-refractivity contribution >= 4 is 43.5 Å². The highest BCUT2D eigenvalue weighted by atomic mass is 79.9. The summed E-state index contributed by atoms with van der Waals surface area (Å²) in [7, 11) is 1.78. The molecule has 0 radical (unpaired) electrons. The van der Waals surface area contributed by atoms with Crippen molar-refractivity contribution in [1.82, 2.24) is 4.57 Å². The lowest BCUT2D eigenvalue weighted by Gasteiger charge is -2.08. The first-order valence-corrected chi connectivity index (χ1v) is 6.92. The highest BCUT2D eigenvalue weighted by Crippen LogP contribution is 2.22. The molecule has 0 spiro atoms. The average Bonchev–Trinajstić information content (AvgIpc) is 2.69. The fourth-order valence-corrected chi connectivity index (χ4v) is 2.54. The number of rotatable bonds is 2. The summed E-state index contributed by atoms with van der Waals surface area (Å²) in [6.45, 7) is 0. The molecule has 0 saturated carbocycles. The van der Waals surface area contributed by atoms with E-state index in [-0.39, 0.29) is 5.91 Å². The molecule has 19 heavy (non-hydrogen) atoms. The summed E-state index contributed by atoms with van der Waals surface area (Å²) >= 11 is 6.63. The predicted octanol–water partition coefficient (Wildman–Crippen LogP) is 3.67. The summed E-state index contributed by atoms with van der Waals surface area (Å²) in [6, 6.07) is 8.88. The van der Waals surface area contributed by atoms with Gasteiger partial charge in [0, 0.05) is 22.2 Å². The summed E-state index contributed by atoms with van der Waals surface area (Å²) in [4.78, 5) is 12.2.